The van der Waals surface area contributed by atoms with Crippen molar-refractivity contribution in [1.29, 1.82) is 0 Å². The summed E-state index contributed by atoms with van der Waals surface area (Å²) in [6, 6.07) is 7.23. The average Bonchev–Trinajstić information content (AvgIpc) is 2.61. The fourth-order valence-corrected chi connectivity index (χ4v) is 4.10. The van der Waals surface area contributed by atoms with E-state index in [4.69, 9.17) is 4.74 Å². The molecular formula is C19H28Cl2N2O4. The minimum atomic E-state index is -0.763. The normalized spacial score (nSPS) is 26.6. The van der Waals surface area contributed by atoms with Crippen LogP contribution in [0, 0.1) is 11.8 Å². The quantitative estimate of drug-likeness (QED) is 0.635. The van der Waals surface area contributed by atoms with Crippen molar-refractivity contribution in [3.05, 3.63) is 29.8 Å². The lowest BCUT2D eigenvalue weighted by Crippen LogP contribution is -2.50. The number of benzene rings is 1. The molecule has 8 heteroatoms. The Balaban J connectivity index is 0.00000182. The Hall–Kier alpha value is -1.50. The lowest BCUT2D eigenvalue weighted by atomic mass is 9.72. The fraction of sp³-hybridized carbons (Fsp3) is 0.579. The standard InChI is InChI=1S/C19H26N2O4.2ClH/c1-2-25-19(24)15-5-3-4-6-16(15)21-14-8-7-12-11-20-17(18(22)23)10-13(12)9-14;;/h3-6,12-14,17,20-21H,2,7-11H2,1H3,(H,22,23);2*1H. The molecule has 3 rings (SSSR count). The van der Waals surface area contributed by atoms with Crippen LogP contribution < -0.4 is 10.6 Å². The van der Waals surface area contributed by atoms with Crippen LogP contribution in [0.4, 0.5) is 5.69 Å². The smallest absolute Gasteiger partial charge is 0.340 e. The summed E-state index contributed by atoms with van der Waals surface area (Å²) in [5.74, 6) is -0.120. The molecule has 1 aromatic carbocycles. The maximum atomic E-state index is 12.1. The molecule has 4 atom stereocenters. The van der Waals surface area contributed by atoms with Crippen molar-refractivity contribution < 1.29 is 19.4 Å². The third-order valence-electron chi connectivity index (χ3n) is 5.38. The van der Waals surface area contributed by atoms with Crippen molar-refractivity contribution in [3.63, 3.8) is 0 Å². The minimum absolute atomic E-state index is 0. The highest BCUT2D eigenvalue weighted by molar-refractivity contribution is 5.95. The van der Waals surface area contributed by atoms with Crippen LogP contribution in [0.3, 0.4) is 0 Å². The second kappa shape index (κ2) is 10.7. The highest BCUT2D eigenvalue weighted by Crippen LogP contribution is 2.37. The Morgan fingerprint density at radius 3 is 2.63 bits per heavy atom. The first kappa shape index (κ1) is 23.5. The lowest BCUT2D eigenvalue weighted by molar-refractivity contribution is -0.141. The monoisotopic (exact) mass is 418 g/mol. The number of carbonyl (C=O) groups is 2. The summed E-state index contributed by atoms with van der Waals surface area (Å²) in [5, 5.41) is 15.9. The third kappa shape index (κ3) is 5.74. The molecule has 0 radical (unpaired) electrons. The molecule has 4 unspecified atom stereocenters. The second-order valence-electron chi connectivity index (χ2n) is 6.98. The van der Waals surface area contributed by atoms with Crippen LogP contribution in [0.1, 0.15) is 43.0 Å². The fourth-order valence-electron chi connectivity index (χ4n) is 4.10. The molecule has 1 heterocycles. The Kier molecular flexibility index (Phi) is 9.36. The van der Waals surface area contributed by atoms with Gasteiger partial charge in [-0.25, -0.2) is 4.79 Å². The van der Waals surface area contributed by atoms with Crippen molar-refractivity contribution in [2.45, 2.75) is 44.7 Å². The molecule has 0 bridgehead atoms. The molecule has 0 amide bonds. The van der Waals surface area contributed by atoms with E-state index in [9.17, 15) is 14.7 Å². The van der Waals surface area contributed by atoms with E-state index in [1.165, 1.54) is 0 Å². The first-order valence-corrected chi connectivity index (χ1v) is 9.07. The number of esters is 1. The zero-order valence-corrected chi connectivity index (χ0v) is 17.0. The van der Waals surface area contributed by atoms with E-state index >= 15 is 0 Å². The Bertz CT molecular complexity index is 644. The maximum Gasteiger partial charge on any atom is 0.340 e. The molecule has 27 heavy (non-hydrogen) atoms. The summed E-state index contributed by atoms with van der Waals surface area (Å²) in [6.45, 7) is 2.93. The van der Waals surface area contributed by atoms with E-state index in [2.05, 4.69) is 10.6 Å². The number of piperidine rings is 1. The van der Waals surface area contributed by atoms with Crippen LogP contribution in [-0.4, -0.2) is 42.3 Å². The van der Waals surface area contributed by atoms with Gasteiger partial charge in [0, 0.05) is 11.7 Å². The molecule has 6 nitrogen and oxygen atoms in total. The minimum Gasteiger partial charge on any atom is -0.480 e. The third-order valence-corrected chi connectivity index (χ3v) is 5.38. The van der Waals surface area contributed by atoms with Gasteiger partial charge in [-0.3, -0.25) is 4.79 Å². The summed E-state index contributed by atoms with van der Waals surface area (Å²) in [6.07, 6.45) is 3.71. The van der Waals surface area contributed by atoms with Crippen LogP contribution >= 0.6 is 24.8 Å². The predicted molar refractivity (Wildman–Crippen MR) is 109 cm³/mol. The predicted octanol–water partition coefficient (Wildman–Crippen LogP) is 3.35. The number of carboxylic acids is 1. The number of hydrogen-bond acceptors (Lipinski definition) is 5. The van der Waals surface area contributed by atoms with Crippen molar-refractivity contribution in [2.24, 2.45) is 11.8 Å². The van der Waals surface area contributed by atoms with Crippen molar-refractivity contribution in [1.82, 2.24) is 5.32 Å². The number of ether oxygens (including phenoxy) is 1. The molecule has 152 valence electrons. The van der Waals surface area contributed by atoms with E-state index in [-0.39, 0.29) is 36.8 Å². The highest BCUT2D eigenvalue weighted by Gasteiger charge is 2.37. The lowest BCUT2D eigenvalue weighted by Gasteiger charge is -2.42. The Morgan fingerprint density at radius 1 is 1.19 bits per heavy atom. The first-order valence-electron chi connectivity index (χ1n) is 9.07. The number of anilines is 1. The topological polar surface area (TPSA) is 87.7 Å². The number of fused-ring (bicyclic) bond motifs is 1. The number of rotatable bonds is 5. The summed E-state index contributed by atoms with van der Waals surface area (Å²) >= 11 is 0. The zero-order valence-electron chi connectivity index (χ0n) is 15.3. The molecule has 0 spiro atoms. The van der Waals surface area contributed by atoms with Crippen LogP contribution in [0.25, 0.3) is 0 Å². The Labute approximate surface area is 172 Å². The number of aliphatic carboxylic acids is 1. The molecular weight excluding hydrogens is 391 g/mol. The number of para-hydroxylation sites is 1. The van der Waals surface area contributed by atoms with Gasteiger partial charge >= 0.3 is 11.9 Å². The van der Waals surface area contributed by atoms with E-state index in [0.29, 0.717) is 30.4 Å². The molecule has 2 fully saturated rings. The van der Waals surface area contributed by atoms with Gasteiger partial charge in [0.15, 0.2) is 0 Å². The van der Waals surface area contributed by atoms with Crippen LogP contribution in [0.2, 0.25) is 0 Å². The van der Waals surface area contributed by atoms with E-state index in [0.717, 1.165) is 31.5 Å². The summed E-state index contributed by atoms with van der Waals surface area (Å²) in [4.78, 5) is 23.4. The van der Waals surface area contributed by atoms with Gasteiger partial charge in [-0.2, -0.15) is 0 Å². The van der Waals surface area contributed by atoms with Crippen LogP contribution in [0.5, 0.6) is 0 Å². The zero-order chi connectivity index (χ0) is 17.8. The molecule has 3 N–H and O–H groups in total. The number of nitrogens with one attached hydrogen (secondary N) is 2. The van der Waals surface area contributed by atoms with Gasteiger partial charge in [-0.1, -0.05) is 12.1 Å². The summed E-state index contributed by atoms with van der Waals surface area (Å²) < 4.78 is 5.13. The molecule has 1 aromatic rings. The second-order valence-corrected chi connectivity index (χ2v) is 6.98. The number of hydrogen-bond donors (Lipinski definition) is 3. The average molecular weight is 419 g/mol. The van der Waals surface area contributed by atoms with Crippen LogP contribution in [-0.2, 0) is 9.53 Å². The number of carboxylic acid groups (broad SMARTS) is 1. The van der Waals surface area contributed by atoms with Gasteiger partial charge < -0.3 is 20.5 Å². The molecule has 2 aliphatic rings. The van der Waals surface area contributed by atoms with E-state index in [1.807, 2.05) is 18.2 Å². The highest BCUT2D eigenvalue weighted by atomic mass is 35.5. The maximum absolute atomic E-state index is 12.1. The summed E-state index contributed by atoms with van der Waals surface area (Å²) in [5.41, 5.74) is 1.35. The van der Waals surface area contributed by atoms with Crippen LogP contribution in [0.15, 0.2) is 24.3 Å². The largest absolute Gasteiger partial charge is 0.480 e. The van der Waals surface area contributed by atoms with E-state index in [1.54, 1.807) is 13.0 Å². The number of halogens is 2. The SMILES string of the molecule is CCOC(=O)c1ccccc1NC1CCC2CNC(C(=O)O)CC2C1.Cl.Cl. The van der Waals surface area contributed by atoms with Crippen molar-refractivity contribution in [2.75, 3.05) is 18.5 Å². The molecule has 1 aliphatic carbocycles. The number of carbonyl (C=O) groups excluding carboxylic acids is 1. The first-order chi connectivity index (χ1) is 12.1. The van der Waals surface area contributed by atoms with Gasteiger partial charge in [0.1, 0.15) is 6.04 Å². The Morgan fingerprint density at radius 2 is 1.93 bits per heavy atom. The van der Waals surface area contributed by atoms with E-state index < -0.39 is 12.0 Å². The van der Waals surface area contributed by atoms with Gasteiger partial charge in [-0.15, -0.1) is 24.8 Å². The van der Waals surface area contributed by atoms with Gasteiger partial charge in [0.2, 0.25) is 0 Å². The van der Waals surface area contributed by atoms with Gasteiger partial charge in [0.05, 0.1) is 12.2 Å². The molecule has 1 saturated carbocycles. The van der Waals surface area contributed by atoms with Gasteiger partial charge in [0.25, 0.3) is 0 Å². The summed E-state index contributed by atoms with van der Waals surface area (Å²) in [7, 11) is 0. The molecule has 0 aromatic heterocycles. The van der Waals surface area contributed by atoms with Crippen molar-refractivity contribution >= 4 is 42.4 Å². The van der Waals surface area contributed by atoms with Crippen molar-refractivity contribution in [3.8, 4) is 0 Å². The van der Waals surface area contributed by atoms with Gasteiger partial charge in [-0.05, 0) is 63.1 Å². The molecule has 1 aliphatic heterocycles. The molecule has 1 saturated heterocycles.